The minimum absolute atomic E-state index is 0.481. The largest absolute Gasteiger partial charge is 0.489 e. The Hall–Kier alpha value is -0.305. The van der Waals surface area contributed by atoms with E-state index >= 15 is 0 Å². The number of halogens is 1. The highest BCUT2D eigenvalue weighted by molar-refractivity contribution is 14.1. The molecule has 0 bridgehead atoms. The molecule has 0 amide bonds. The van der Waals surface area contributed by atoms with Crippen LogP contribution in [0.1, 0.15) is 0 Å². The van der Waals surface area contributed by atoms with Gasteiger partial charge in [0.25, 0.3) is 0 Å². The molecule has 0 aromatic heterocycles. The van der Waals surface area contributed by atoms with Crippen molar-refractivity contribution >= 4 is 40.9 Å². The normalized spacial score (nSPS) is 9.67. The predicted molar refractivity (Wildman–Crippen MR) is 56.8 cm³/mol. The molecule has 0 saturated heterocycles. The summed E-state index contributed by atoms with van der Waals surface area (Å²) in [5, 5.41) is 17.7. The Balaban J connectivity index is 3.03. The zero-order valence-corrected chi connectivity index (χ0v) is 8.32. The van der Waals surface area contributed by atoms with Gasteiger partial charge in [-0.1, -0.05) is 6.07 Å². The van der Waals surface area contributed by atoms with Gasteiger partial charge in [-0.05, 0) is 40.2 Å². The standard InChI is InChI=1S/C6H8BIN2O2/c8-6-3-4(10-9)1-2-5(6)7(11)12/h1-3,10-12H,9H2. The van der Waals surface area contributed by atoms with Gasteiger partial charge in [0, 0.05) is 9.26 Å². The van der Waals surface area contributed by atoms with Gasteiger partial charge >= 0.3 is 7.12 Å². The highest BCUT2D eigenvalue weighted by Crippen LogP contribution is 2.09. The molecule has 6 heteroatoms. The molecular weight excluding hydrogens is 270 g/mol. The Labute approximate surface area is 84.0 Å². The van der Waals surface area contributed by atoms with Crippen LogP contribution in [-0.4, -0.2) is 17.2 Å². The zero-order valence-electron chi connectivity index (χ0n) is 6.16. The SMILES string of the molecule is NNc1ccc(B(O)O)c(I)c1. The van der Waals surface area contributed by atoms with E-state index in [0.717, 1.165) is 9.26 Å². The topological polar surface area (TPSA) is 78.5 Å². The van der Waals surface area contributed by atoms with Gasteiger partial charge in [-0.2, -0.15) is 0 Å². The average Bonchev–Trinajstić information content (AvgIpc) is 2.03. The molecular formula is C6H8BIN2O2. The van der Waals surface area contributed by atoms with Crippen molar-refractivity contribution in [3.05, 3.63) is 21.8 Å². The van der Waals surface area contributed by atoms with Crippen molar-refractivity contribution in [1.29, 1.82) is 0 Å². The minimum atomic E-state index is -1.43. The number of hydrogen-bond acceptors (Lipinski definition) is 4. The van der Waals surface area contributed by atoms with Crippen LogP contribution in [0.15, 0.2) is 18.2 Å². The average molecular weight is 278 g/mol. The second-order valence-electron chi connectivity index (χ2n) is 2.25. The van der Waals surface area contributed by atoms with Gasteiger partial charge in [-0.3, -0.25) is 5.84 Å². The number of hydrogen-bond donors (Lipinski definition) is 4. The number of nitrogens with two attached hydrogens (primary N) is 1. The molecule has 0 atom stereocenters. The number of anilines is 1. The summed E-state index contributed by atoms with van der Waals surface area (Å²) < 4.78 is 0.762. The summed E-state index contributed by atoms with van der Waals surface area (Å²) in [5.74, 6) is 5.17. The summed E-state index contributed by atoms with van der Waals surface area (Å²) in [6, 6.07) is 5.02. The van der Waals surface area contributed by atoms with E-state index in [-0.39, 0.29) is 0 Å². The van der Waals surface area contributed by atoms with Crippen LogP contribution < -0.4 is 16.7 Å². The maximum Gasteiger partial charge on any atom is 0.489 e. The van der Waals surface area contributed by atoms with Crippen LogP contribution in [0.5, 0.6) is 0 Å². The van der Waals surface area contributed by atoms with Crippen molar-refractivity contribution in [1.82, 2.24) is 0 Å². The van der Waals surface area contributed by atoms with E-state index in [1.165, 1.54) is 0 Å². The van der Waals surface area contributed by atoms with E-state index in [1.807, 2.05) is 22.6 Å². The third kappa shape index (κ3) is 2.10. The highest BCUT2D eigenvalue weighted by Gasteiger charge is 2.14. The van der Waals surface area contributed by atoms with Gasteiger partial charge in [0.1, 0.15) is 0 Å². The van der Waals surface area contributed by atoms with E-state index in [4.69, 9.17) is 15.9 Å². The number of hydrazine groups is 1. The van der Waals surface area contributed by atoms with Crippen LogP contribution in [0.25, 0.3) is 0 Å². The molecule has 0 aliphatic carbocycles. The summed E-state index contributed by atoms with van der Waals surface area (Å²) in [7, 11) is -1.43. The van der Waals surface area contributed by atoms with Crippen LogP contribution in [0.3, 0.4) is 0 Å². The van der Waals surface area contributed by atoms with Gasteiger partial charge < -0.3 is 15.5 Å². The fourth-order valence-corrected chi connectivity index (χ4v) is 1.62. The Morgan fingerprint density at radius 3 is 2.50 bits per heavy atom. The van der Waals surface area contributed by atoms with Crippen LogP contribution in [0.2, 0.25) is 0 Å². The predicted octanol–water partition coefficient (Wildman–Crippen LogP) is -0.743. The fourth-order valence-electron chi connectivity index (χ4n) is 0.826. The van der Waals surface area contributed by atoms with E-state index in [0.29, 0.717) is 5.46 Å². The molecule has 0 aliphatic rings. The maximum atomic E-state index is 8.87. The molecule has 64 valence electrons. The first-order valence-electron chi connectivity index (χ1n) is 3.27. The zero-order chi connectivity index (χ0) is 9.14. The number of rotatable bonds is 2. The molecule has 12 heavy (non-hydrogen) atoms. The third-order valence-corrected chi connectivity index (χ3v) is 2.38. The monoisotopic (exact) mass is 278 g/mol. The fraction of sp³-hybridized carbons (Fsp3) is 0. The van der Waals surface area contributed by atoms with Crippen molar-refractivity contribution < 1.29 is 10.0 Å². The van der Waals surface area contributed by atoms with Gasteiger partial charge in [-0.25, -0.2) is 0 Å². The van der Waals surface area contributed by atoms with E-state index in [1.54, 1.807) is 18.2 Å². The van der Waals surface area contributed by atoms with Crippen LogP contribution in [0, 0.1) is 3.57 Å². The number of nitrogens with one attached hydrogen (secondary N) is 1. The summed E-state index contributed by atoms with van der Waals surface area (Å²) in [5.41, 5.74) is 3.69. The molecule has 0 heterocycles. The Morgan fingerprint density at radius 1 is 1.42 bits per heavy atom. The van der Waals surface area contributed by atoms with E-state index < -0.39 is 7.12 Å². The van der Waals surface area contributed by atoms with Crippen molar-refractivity contribution in [2.75, 3.05) is 5.43 Å². The lowest BCUT2D eigenvalue weighted by molar-refractivity contribution is 0.425. The number of nitrogen functional groups attached to an aromatic ring is 1. The smallest absolute Gasteiger partial charge is 0.423 e. The van der Waals surface area contributed by atoms with Crippen molar-refractivity contribution in [2.45, 2.75) is 0 Å². The molecule has 0 saturated carbocycles. The van der Waals surface area contributed by atoms with Gasteiger partial charge in [-0.15, -0.1) is 0 Å². The lowest BCUT2D eigenvalue weighted by Gasteiger charge is -2.05. The molecule has 1 aromatic rings. The molecule has 0 fully saturated rings. The lowest BCUT2D eigenvalue weighted by Crippen LogP contribution is -2.32. The Morgan fingerprint density at radius 2 is 2.08 bits per heavy atom. The van der Waals surface area contributed by atoms with Crippen molar-refractivity contribution in [3.63, 3.8) is 0 Å². The molecule has 1 aromatic carbocycles. The molecule has 0 aliphatic heterocycles. The molecule has 0 radical (unpaired) electrons. The summed E-state index contributed by atoms with van der Waals surface area (Å²) in [6.07, 6.45) is 0. The first-order valence-corrected chi connectivity index (χ1v) is 4.35. The molecule has 4 nitrogen and oxygen atoms in total. The van der Waals surface area contributed by atoms with E-state index in [9.17, 15) is 0 Å². The van der Waals surface area contributed by atoms with Crippen LogP contribution in [0.4, 0.5) is 5.69 Å². The van der Waals surface area contributed by atoms with Crippen LogP contribution >= 0.6 is 22.6 Å². The quantitative estimate of drug-likeness (QED) is 0.248. The van der Waals surface area contributed by atoms with Gasteiger partial charge in [0.05, 0.1) is 0 Å². The second kappa shape index (κ2) is 4.08. The van der Waals surface area contributed by atoms with Crippen LogP contribution in [-0.2, 0) is 0 Å². The summed E-state index contributed by atoms with van der Waals surface area (Å²) in [4.78, 5) is 0. The summed E-state index contributed by atoms with van der Waals surface area (Å²) >= 11 is 2.01. The Kier molecular flexibility index (Phi) is 3.33. The highest BCUT2D eigenvalue weighted by atomic mass is 127. The van der Waals surface area contributed by atoms with Gasteiger partial charge in [0.15, 0.2) is 0 Å². The minimum Gasteiger partial charge on any atom is -0.423 e. The number of benzene rings is 1. The molecule has 1 rings (SSSR count). The molecule has 5 N–H and O–H groups in total. The maximum absolute atomic E-state index is 8.87. The van der Waals surface area contributed by atoms with Gasteiger partial charge in [0.2, 0.25) is 0 Å². The van der Waals surface area contributed by atoms with Crippen molar-refractivity contribution in [2.24, 2.45) is 5.84 Å². The van der Waals surface area contributed by atoms with E-state index in [2.05, 4.69) is 5.43 Å². The molecule has 0 spiro atoms. The lowest BCUT2D eigenvalue weighted by atomic mass is 9.80. The first kappa shape index (κ1) is 9.78. The second-order valence-corrected chi connectivity index (χ2v) is 3.42. The first-order chi connectivity index (χ1) is 5.65. The molecule has 0 unspecified atom stereocenters. The Bertz CT molecular complexity index is 282. The summed E-state index contributed by atoms with van der Waals surface area (Å²) in [6.45, 7) is 0. The third-order valence-electron chi connectivity index (χ3n) is 1.45. The van der Waals surface area contributed by atoms with Crippen molar-refractivity contribution in [3.8, 4) is 0 Å².